The Hall–Kier alpha value is -1.29. The number of rotatable bonds is 3. The Labute approximate surface area is 92.8 Å². The maximum atomic E-state index is 5.81. The SMILES string of the molecule is NNC(c1ccc(Cl)cc1)c1ccco1. The standard InChI is InChI=1S/C11H11ClN2O/c12-9-5-3-8(4-6-9)11(14-13)10-2-1-7-15-10/h1-7,11,14H,13H2. The fraction of sp³-hybridized carbons (Fsp3) is 0.0909. The molecule has 0 spiro atoms. The summed E-state index contributed by atoms with van der Waals surface area (Å²) in [5, 5.41) is 0.703. The van der Waals surface area contributed by atoms with E-state index in [1.165, 1.54) is 0 Å². The third kappa shape index (κ3) is 2.21. The van der Waals surface area contributed by atoms with Gasteiger partial charge >= 0.3 is 0 Å². The summed E-state index contributed by atoms with van der Waals surface area (Å²) in [6, 6.07) is 11.0. The summed E-state index contributed by atoms with van der Waals surface area (Å²) in [6.45, 7) is 0. The maximum Gasteiger partial charge on any atom is 0.126 e. The van der Waals surface area contributed by atoms with Gasteiger partial charge in [-0.15, -0.1) is 0 Å². The van der Waals surface area contributed by atoms with Crippen LogP contribution in [-0.2, 0) is 0 Å². The van der Waals surface area contributed by atoms with Crippen molar-refractivity contribution < 1.29 is 4.42 Å². The van der Waals surface area contributed by atoms with Crippen molar-refractivity contribution >= 4 is 11.6 Å². The summed E-state index contributed by atoms with van der Waals surface area (Å²) in [5.74, 6) is 6.27. The molecule has 1 aromatic heterocycles. The molecular formula is C11H11ClN2O. The first-order valence-electron chi connectivity index (χ1n) is 4.56. The highest BCUT2D eigenvalue weighted by Gasteiger charge is 2.14. The van der Waals surface area contributed by atoms with Crippen LogP contribution in [0.3, 0.4) is 0 Å². The van der Waals surface area contributed by atoms with Gasteiger partial charge < -0.3 is 4.42 Å². The summed E-state index contributed by atoms with van der Waals surface area (Å²) in [6.07, 6.45) is 1.62. The minimum atomic E-state index is -0.141. The lowest BCUT2D eigenvalue weighted by Gasteiger charge is -2.13. The number of nitrogens with two attached hydrogens (primary N) is 1. The number of hydrogen-bond acceptors (Lipinski definition) is 3. The normalized spacial score (nSPS) is 12.7. The van der Waals surface area contributed by atoms with Crippen LogP contribution >= 0.6 is 11.6 Å². The van der Waals surface area contributed by atoms with Gasteiger partial charge in [-0.2, -0.15) is 0 Å². The average molecular weight is 223 g/mol. The maximum absolute atomic E-state index is 5.81. The van der Waals surface area contributed by atoms with Gasteiger partial charge in [0, 0.05) is 5.02 Å². The van der Waals surface area contributed by atoms with E-state index in [1.807, 2.05) is 36.4 Å². The van der Waals surface area contributed by atoms with E-state index in [1.54, 1.807) is 6.26 Å². The minimum absolute atomic E-state index is 0.141. The van der Waals surface area contributed by atoms with Gasteiger partial charge in [-0.25, -0.2) is 5.43 Å². The molecule has 1 unspecified atom stereocenters. The quantitative estimate of drug-likeness (QED) is 0.620. The van der Waals surface area contributed by atoms with Gasteiger partial charge in [0.1, 0.15) is 11.8 Å². The highest BCUT2D eigenvalue weighted by atomic mass is 35.5. The first kappa shape index (κ1) is 10.2. The van der Waals surface area contributed by atoms with Gasteiger partial charge in [0.05, 0.1) is 6.26 Å². The zero-order valence-corrected chi connectivity index (χ0v) is 8.74. The van der Waals surface area contributed by atoms with E-state index in [-0.39, 0.29) is 6.04 Å². The highest BCUT2D eigenvalue weighted by molar-refractivity contribution is 6.30. The molecule has 4 heteroatoms. The third-order valence-electron chi connectivity index (χ3n) is 2.20. The van der Waals surface area contributed by atoms with E-state index in [4.69, 9.17) is 21.9 Å². The van der Waals surface area contributed by atoms with E-state index in [9.17, 15) is 0 Å². The Morgan fingerprint density at radius 2 is 1.93 bits per heavy atom. The lowest BCUT2D eigenvalue weighted by molar-refractivity contribution is 0.452. The van der Waals surface area contributed by atoms with Crippen molar-refractivity contribution in [1.82, 2.24) is 5.43 Å². The molecule has 0 radical (unpaired) electrons. The van der Waals surface area contributed by atoms with Crippen LogP contribution in [-0.4, -0.2) is 0 Å². The summed E-state index contributed by atoms with van der Waals surface area (Å²) >= 11 is 5.81. The van der Waals surface area contributed by atoms with Crippen LogP contribution in [0.25, 0.3) is 0 Å². The number of furan rings is 1. The first-order chi connectivity index (χ1) is 7.31. The Kier molecular flexibility index (Phi) is 3.06. The Morgan fingerprint density at radius 3 is 2.47 bits per heavy atom. The summed E-state index contributed by atoms with van der Waals surface area (Å²) in [5.41, 5.74) is 3.71. The van der Waals surface area contributed by atoms with Gasteiger partial charge in [0.25, 0.3) is 0 Å². The van der Waals surface area contributed by atoms with E-state index in [0.29, 0.717) is 5.02 Å². The predicted molar refractivity (Wildman–Crippen MR) is 59.3 cm³/mol. The zero-order chi connectivity index (χ0) is 10.7. The molecule has 1 aromatic carbocycles. The van der Waals surface area contributed by atoms with E-state index in [2.05, 4.69) is 5.43 Å². The molecule has 0 aliphatic heterocycles. The number of nitrogens with one attached hydrogen (secondary N) is 1. The van der Waals surface area contributed by atoms with E-state index < -0.39 is 0 Å². The monoisotopic (exact) mass is 222 g/mol. The van der Waals surface area contributed by atoms with Crippen LogP contribution in [0.1, 0.15) is 17.4 Å². The molecular weight excluding hydrogens is 212 g/mol. The van der Waals surface area contributed by atoms with Crippen molar-refractivity contribution in [1.29, 1.82) is 0 Å². The Balaban J connectivity index is 2.31. The molecule has 2 rings (SSSR count). The molecule has 1 heterocycles. The number of hydrogen-bond donors (Lipinski definition) is 2. The summed E-state index contributed by atoms with van der Waals surface area (Å²) < 4.78 is 5.30. The molecule has 1 atom stereocenters. The fourth-order valence-corrected chi connectivity index (χ4v) is 1.58. The molecule has 3 nitrogen and oxygen atoms in total. The Bertz CT molecular complexity index is 411. The summed E-state index contributed by atoms with van der Waals surface area (Å²) in [4.78, 5) is 0. The smallest absolute Gasteiger partial charge is 0.126 e. The number of halogens is 1. The second-order valence-corrected chi connectivity index (χ2v) is 3.60. The number of hydrazine groups is 1. The van der Waals surface area contributed by atoms with E-state index in [0.717, 1.165) is 11.3 Å². The van der Waals surface area contributed by atoms with Gasteiger partial charge in [-0.05, 0) is 29.8 Å². The zero-order valence-electron chi connectivity index (χ0n) is 7.98. The van der Waals surface area contributed by atoms with Crippen LogP contribution in [0.2, 0.25) is 5.02 Å². The molecule has 0 fully saturated rings. The third-order valence-corrected chi connectivity index (χ3v) is 2.45. The molecule has 15 heavy (non-hydrogen) atoms. The Morgan fingerprint density at radius 1 is 1.20 bits per heavy atom. The van der Waals surface area contributed by atoms with Gasteiger partial charge in [0.15, 0.2) is 0 Å². The largest absolute Gasteiger partial charge is 0.467 e. The van der Waals surface area contributed by atoms with Crippen molar-refractivity contribution in [3.05, 3.63) is 59.0 Å². The highest BCUT2D eigenvalue weighted by Crippen LogP contribution is 2.22. The second-order valence-electron chi connectivity index (χ2n) is 3.17. The molecule has 0 aliphatic rings. The second kappa shape index (κ2) is 4.49. The molecule has 2 aromatic rings. The van der Waals surface area contributed by atoms with Crippen LogP contribution in [0.5, 0.6) is 0 Å². The molecule has 0 aliphatic carbocycles. The molecule has 0 saturated heterocycles. The first-order valence-corrected chi connectivity index (χ1v) is 4.94. The average Bonchev–Trinajstić information content (AvgIpc) is 2.75. The fourth-order valence-electron chi connectivity index (χ4n) is 1.45. The van der Waals surface area contributed by atoms with Crippen molar-refractivity contribution in [3.8, 4) is 0 Å². The minimum Gasteiger partial charge on any atom is -0.467 e. The molecule has 0 amide bonds. The topological polar surface area (TPSA) is 51.2 Å². The van der Waals surface area contributed by atoms with Crippen molar-refractivity contribution in [3.63, 3.8) is 0 Å². The lowest BCUT2D eigenvalue weighted by Crippen LogP contribution is -2.28. The predicted octanol–water partition coefficient (Wildman–Crippen LogP) is 2.49. The van der Waals surface area contributed by atoms with Crippen molar-refractivity contribution in [2.45, 2.75) is 6.04 Å². The molecule has 3 N–H and O–H groups in total. The van der Waals surface area contributed by atoms with Crippen LogP contribution < -0.4 is 11.3 Å². The van der Waals surface area contributed by atoms with Gasteiger partial charge in [-0.1, -0.05) is 23.7 Å². The van der Waals surface area contributed by atoms with Crippen LogP contribution in [0, 0.1) is 0 Å². The molecule has 78 valence electrons. The lowest BCUT2D eigenvalue weighted by atomic mass is 10.1. The van der Waals surface area contributed by atoms with Crippen LogP contribution in [0.15, 0.2) is 47.1 Å². The molecule has 0 saturated carbocycles. The van der Waals surface area contributed by atoms with Crippen molar-refractivity contribution in [2.75, 3.05) is 0 Å². The van der Waals surface area contributed by atoms with Gasteiger partial charge in [0.2, 0.25) is 0 Å². The molecule has 0 bridgehead atoms. The number of benzene rings is 1. The summed E-state index contributed by atoms with van der Waals surface area (Å²) in [7, 11) is 0. The van der Waals surface area contributed by atoms with E-state index >= 15 is 0 Å². The van der Waals surface area contributed by atoms with Crippen LogP contribution in [0.4, 0.5) is 0 Å². The van der Waals surface area contributed by atoms with Gasteiger partial charge in [-0.3, -0.25) is 5.84 Å². The van der Waals surface area contributed by atoms with Crippen molar-refractivity contribution in [2.24, 2.45) is 5.84 Å².